The smallest absolute Gasteiger partial charge is 0.367 e. The van der Waals surface area contributed by atoms with Gasteiger partial charge in [-0.25, -0.2) is 4.79 Å². The molecule has 0 saturated carbocycles. The van der Waals surface area contributed by atoms with Gasteiger partial charge < -0.3 is 14.3 Å². The fourth-order valence-electron chi connectivity index (χ4n) is 2.81. The summed E-state index contributed by atoms with van der Waals surface area (Å²) in [7, 11) is 0. The third kappa shape index (κ3) is 4.39. The molecule has 0 fully saturated rings. The molecule has 29 heavy (non-hydrogen) atoms. The average Bonchev–Trinajstić information content (AvgIpc) is 2.97. The fourth-order valence-corrected chi connectivity index (χ4v) is 2.81. The van der Waals surface area contributed by atoms with Gasteiger partial charge in [0, 0.05) is 6.07 Å². The lowest BCUT2D eigenvalue weighted by atomic mass is 10.1. The highest BCUT2D eigenvalue weighted by Gasteiger charge is 2.39. The maximum Gasteiger partial charge on any atom is 0.367 e. The molecule has 0 atom stereocenters. The fraction of sp³-hybridized carbons (Fsp3) is 0.318. The van der Waals surface area contributed by atoms with Crippen LogP contribution < -0.4 is 9.47 Å². The first-order valence-corrected chi connectivity index (χ1v) is 9.66. The van der Waals surface area contributed by atoms with Crippen LogP contribution in [0.5, 0.6) is 11.5 Å². The van der Waals surface area contributed by atoms with E-state index in [2.05, 4.69) is 0 Å². The number of rotatable bonds is 9. The van der Waals surface area contributed by atoms with E-state index in [1.54, 1.807) is 24.3 Å². The minimum absolute atomic E-state index is 0.113. The van der Waals surface area contributed by atoms with E-state index in [1.165, 1.54) is 18.2 Å². The number of ether oxygens (including phenoxy) is 2. The second kappa shape index (κ2) is 9.23. The molecule has 0 saturated heterocycles. The topological polar surface area (TPSA) is 82.1 Å². The lowest BCUT2D eigenvalue weighted by Gasteiger charge is -2.16. The third-order valence-corrected chi connectivity index (χ3v) is 4.33. The van der Waals surface area contributed by atoms with Gasteiger partial charge in [0.2, 0.25) is 0 Å². The highest BCUT2D eigenvalue weighted by Crippen LogP contribution is 2.28. The van der Waals surface area contributed by atoms with Crippen LogP contribution >= 0.6 is 0 Å². The monoisotopic (exact) mass is 397 g/mol. The van der Waals surface area contributed by atoms with Crippen molar-refractivity contribution in [3.05, 3.63) is 59.2 Å². The first kappa shape index (κ1) is 20.4. The first-order valence-electron chi connectivity index (χ1n) is 9.66. The standard InChI is InChI=1S/C22H23NO6/c1-3-5-13-28-19-14-15(27-12-4-2)10-11-18(19)22(26)29-23-20(24)16-8-6-7-9-17(16)21(23)25/h6-11,14H,3-5,12-13H2,1-2H3. The Bertz CT molecular complexity index is 888. The van der Waals surface area contributed by atoms with Gasteiger partial charge in [-0.2, -0.15) is 0 Å². The molecule has 0 radical (unpaired) electrons. The molecular formula is C22H23NO6. The number of benzene rings is 2. The van der Waals surface area contributed by atoms with Crippen molar-refractivity contribution in [1.82, 2.24) is 5.06 Å². The van der Waals surface area contributed by atoms with E-state index < -0.39 is 17.8 Å². The van der Waals surface area contributed by atoms with Crippen LogP contribution in [-0.2, 0) is 4.84 Å². The molecule has 0 spiro atoms. The van der Waals surface area contributed by atoms with Gasteiger partial charge in [-0.05, 0) is 37.1 Å². The molecule has 1 aliphatic rings. The van der Waals surface area contributed by atoms with E-state index in [0.717, 1.165) is 19.3 Å². The van der Waals surface area contributed by atoms with Crippen LogP contribution in [0.2, 0.25) is 0 Å². The highest BCUT2D eigenvalue weighted by atomic mass is 16.7. The number of imide groups is 1. The molecule has 2 amide bonds. The number of unbranched alkanes of at least 4 members (excludes halogenated alkanes) is 1. The van der Waals surface area contributed by atoms with Gasteiger partial charge >= 0.3 is 5.97 Å². The SMILES string of the molecule is CCCCOc1cc(OCCC)ccc1C(=O)ON1C(=O)c2ccccc2C1=O. The summed E-state index contributed by atoms with van der Waals surface area (Å²) in [5.74, 6) is -1.34. The summed E-state index contributed by atoms with van der Waals surface area (Å²) in [5, 5.41) is 0.490. The largest absolute Gasteiger partial charge is 0.493 e. The maximum atomic E-state index is 12.7. The van der Waals surface area contributed by atoms with Crippen LogP contribution in [-0.4, -0.2) is 36.1 Å². The summed E-state index contributed by atoms with van der Waals surface area (Å²) in [5.41, 5.74) is 0.516. The highest BCUT2D eigenvalue weighted by molar-refractivity contribution is 6.21. The quantitative estimate of drug-likeness (QED) is 0.469. The van der Waals surface area contributed by atoms with Gasteiger partial charge in [-0.15, -0.1) is 0 Å². The van der Waals surface area contributed by atoms with Crippen molar-refractivity contribution < 1.29 is 28.7 Å². The molecule has 152 valence electrons. The second-order valence-corrected chi connectivity index (χ2v) is 6.54. The lowest BCUT2D eigenvalue weighted by Crippen LogP contribution is -2.32. The van der Waals surface area contributed by atoms with Crippen molar-refractivity contribution in [3.8, 4) is 11.5 Å². The Morgan fingerprint density at radius 1 is 0.897 bits per heavy atom. The zero-order chi connectivity index (χ0) is 20.8. The summed E-state index contributed by atoms with van der Waals surface area (Å²) in [4.78, 5) is 42.7. The summed E-state index contributed by atoms with van der Waals surface area (Å²) in [6.07, 6.45) is 2.59. The van der Waals surface area contributed by atoms with Gasteiger partial charge in [0.1, 0.15) is 17.1 Å². The Morgan fingerprint density at radius 3 is 2.21 bits per heavy atom. The molecule has 1 heterocycles. The minimum atomic E-state index is -0.854. The molecule has 0 aromatic heterocycles. The van der Waals surface area contributed by atoms with Crippen LogP contribution in [0.25, 0.3) is 0 Å². The molecule has 7 heteroatoms. The van der Waals surface area contributed by atoms with Gasteiger partial charge in [0.25, 0.3) is 11.8 Å². The van der Waals surface area contributed by atoms with Crippen molar-refractivity contribution in [2.75, 3.05) is 13.2 Å². The normalized spacial score (nSPS) is 12.7. The average molecular weight is 397 g/mol. The second-order valence-electron chi connectivity index (χ2n) is 6.54. The van der Waals surface area contributed by atoms with Crippen molar-refractivity contribution >= 4 is 17.8 Å². The van der Waals surface area contributed by atoms with Gasteiger partial charge in [0.15, 0.2) is 0 Å². The van der Waals surface area contributed by atoms with E-state index in [1.807, 2.05) is 13.8 Å². The molecule has 2 aromatic rings. The van der Waals surface area contributed by atoms with Crippen LogP contribution in [0.15, 0.2) is 42.5 Å². The molecule has 0 N–H and O–H groups in total. The zero-order valence-electron chi connectivity index (χ0n) is 16.5. The van der Waals surface area contributed by atoms with E-state index >= 15 is 0 Å². The van der Waals surface area contributed by atoms with Crippen LogP contribution in [0.1, 0.15) is 64.2 Å². The molecule has 1 aliphatic heterocycles. The Kier molecular flexibility index (Phi) is 6.49. The Morgan fingerprint density at radius 2 is 1.59 bits per heavy atom. The van der Waals surface area contributed by atoms with Gasteiger partial charge in [-0.1, -0.05) is 37.5 Å². The Hall–Kier alpha value is -3.35. The minimum Gasteiger partial charge on any atom is -0.493 e. The number of amides is 2. The zero-order valence-corrected chi connectivity index (χ0v) is 16.5. The van der Waals surface area contributed by atoms with Gasteiger partial charge in [0.05, 0.1) is 24.3 Å². The molecule has 2 aromatic carbocycles. The number of fused-ring (bicyclic) bond motifs is 1. The summed E-state index contributed by atoms with van der Waals surface area (Å²) < 4.78 is 11.3. The van der Waals surface area contributed by atoms with E-state index in [0.29, 0.717) is 24.0 Å². The molecule has 0 unspecified atom stereocenters. The van der Waals surface area contributed by atoms with Crippen molar-refractivity contribution in [2.45, 2.75) is 33.1 Å². The number of carbonyl (C=O) groups is 3. The van der Waals surface area contributed by atoms with Crippen molar-refractivity contribution in [2.24, 2.45) is 0 Å². The number of nitrogens with zero attached hydrogens (tertiary/aromatic N) is 1. The number of hydrogen-bond acceptors (Lipinski definition) is 6. The predicted molar refractivity (Wildman–Crippen MR) is 105 cm³/mol. The molecular weight excluding hydrogens is 374 g/mol. The van der Waals surface area contributed by atoms with Gasteiger partial charge in [-0.3, -0.25) is 9.59 Å². The molecule has 3 rings (SSSR count). The number of carbonyl (C=O) groups excluding carboxylic acids is 3. The molecule has 0 bridgehead atoms. The maximum absolute atomic E-state index is 12.7. The Labute approximate surface area is 169 Å². The molecule has 7 nitrogen and oxygen atoms in total. The predicted octanol–water partition coefficient (Wildman–Crippen LogP) is 4.02. The van der Waals surface area contributed by atoms with E-state index in [9.17, 15) is 14.4 Å². The van der Waals surface area contributed by atoms with Crippen LogP contribution in [0.3, 0.4) is 0 Å². The number of hydrogen-bond donors (Lipinski definition) is 0. The Balaban J connectivity index is 1.80. The lowest BCUT2D eigenvalue weighted by molar-refractivity contribution is -0.0586. The van der Waals surface area contributed by atoms with Crippen LogP contribution in [0.4, 0.5) is 0 Å². The van der Waals surface area contributed by atoms with Crippen molar-refractivity contribution in [1.29, 1.82) is 0 Å². The summed E-state index contributed by atoms with van der Waals surface area (Å²) in [6, 6.07) is 11.1. The van der Waals surface area contributed by atoms with E-state index in [4.69, 9.17) is 14.3 Å². The summed E-state index contributed by atoms with van der Waals surface area (Å²) in [6.45, 7) is 4.97. The van der Waals surface area contributed by atoms with E-state index in [-0.39, 0.29) is 22.4 Å². The van der Waals surface area contributed by atoms with Crippen molar-refractivity contribution in [3.63, 3.8) is 0 Å². The van der Waals surface area contributed by atoms with Crippen LogP contribution in [0, 0.1) is 0 Å². The number of hydroxylamine groups is 2. The third-order valence-electron chi connectivity index (χ3n) is 4.33. The molecule has 0 aliphatic carbocycles. The summed E-state index contributed by atoms with van der Waals surface area (Å²) >= 11 is 0. The first-order chi connectivity index (χ1) is 14.1.